The summed E-state index contributed by atoms with van der Waals surface area (Å²) in [6, 6.07) is 10.5. The SMILES string of the molecule is CS(=O)(=O)N(CC(=O)N1CCC(Cc2ccccc2)CC1)C1CCCCC1. The van der Waals surface area contributed by atoms with Crippen LogP contribution >= 0.6 is 0 Å². The van der Waals surface area contributed by atoms with Crippen LogP contribution in [0, 0.1) is 5.92 Å². The van der Waals surface area contributed by atoms with Crippen LogP contribution in [0.1, 0.15) is 50.5 Å². The summed E-state index contributed by atoms with van der Waals surface area (Å²) in [7, 11) is -3.36. The molecule has 1 aliphatic carbocycles. The average molecular weight is 393 g/mol. The van der Waals surface area contributed by atoms with E-state index in [9.17, 15) is 13.2 Å². The van der Waals surface area contributed by atoms with E-state index >= 15 is 0 Å². The molecule has 0 bridgehead atoms. The van der Waals surface area contributed by atoms with Gasteiger partial charge in [0.2, 0.25) is 15.9 Å². The fourth-order valence-corrected chi connectivity index (χ4v) is 5.55. The first-order valence-corrected chi connectivity index (χ1v) is 12.1. The van der Waals surface area contributed by atoms with Crippen LogP contribution in [0.3, 0.4) is 0 Å². The van der Waals surface area contributed by atoms with Crippen LogP contribution in [0.15, 0.2) is 30.3 Å². The van der Waals surface area contributed by atoms with Crippen molar-refractivity contribution in [1.82, 2.24) is 9.21 Å². The lowest BCUT2D eigenvalue weighted by molar-refractivity contribution is -0.133. The van der Waals surface area contributed by atoms with Gasteiger partial charge in [0.25, 0.3) is 0 Å². The summed E-state index contributed by atoms with van der Waals surface area (Å²) in [4.78, 5) is 14.6. The van der Waals surface area contributed by atoms with Crippen molar-refractivity contribution in [3.63, 3.8) is 0 Å². The Balaban J connectivity index is 1.53. The molecule has 0 radical (unpaired) electrons. The smallest absolute Gasteiger partial charge is 0.237 e. The Morgan fingerprint density at radius 2 is 1.67 bits per heavy atom. The summed E-state index contributed by atoms with van der Waals surface area (Å²) in [5.74, 6) is 0.560. The van der Waals surface area contributed by atoms with Crippen molar-refractivity contribution < 1.29 is 13.2 Å². The van der Waals surface area contributed by atoms with Crippen molar-refractivity contribution in [3.8, 4) is 0 Å². The molecular formula is C21H32N2O3S. The molecule has 2 fully saturated rings. The summed E-state index contributed by atoms with van der Waals surface area (Å²) in [6.07, 6.45) is 9.29. The minimum absolute atomic E-state index is 0.00619. The summed E-state index contributed by atoms with van der Waals surface area (Å²) in [5.41, 5.74) is 1.35. The molecule has 1 amide bonds. The molecule has 0 N–H and O–H groups in total. The molecule has 1 aromatic rings. The van der Waals surface area contributed by atoms with E-state index in [2.05, 4.69) is 24.3 Å². The molecular weight excluding hydrogens is 360 g/mol. The number of hydrogen-bond donors (Lipinski definition) is 0. The molecule has 150 valence electrons. The van der Waals surface area contributed by atoms with Crippen molar-refractivity contribution >= 4 is 15.9 Å². The molecule has 0 aromatic heterocycles. The van der Waals surface area contributed by atoms with Crippen LogP contribution < -0.4 is 0 Å². The third kappa shape index (κ3) is 5.79. The molecule has 3 rings (SSSR count). The van der Waals surface area contributed by atoms with Crippen LogP contribution in [-0.2, 0) is 21.2 Å². The van der Waals surface area contributed by atoms with Gasteiger partial charge in [0, 0.05) is 19.1 Å². The van der Waals surface area contributed by atoms with Gasteiger partial charge in [-0.2, -0.15) is 4.31 Å². The van der Waals surface area contributed by atoms with Crippen molar-refractivity contribution in [3.05, 3.63) is 35.9 Å². The second-order valence-electron chi connectivity index (χ2n) is 8.11. The molecule has 6 heteroatoms. The van der Waals surface area contributed by atoms with Gasteiger partial charge in [-0.1, -0.05) is 49.6 Å². The van der Waals surface area contributed by atoms with Crippen LogP contribution in [0.25, 0.3) is 0 Å². The van der Waals surface area contributed by atoms with Gasteiger partial charge in [-0.15, -0.1) is 0 Å². The second-order valence-corrected chi connectivity index (χ2v) is 10.0. The third-order valence-corrected chi connectivity index (χ3v) is 7.31. The van der Waals surface area contributed by atoms with E-state index < -0.39 is 10.0 Å². The predicted molar refractivity (Wildman–Crippen MR) is 108 cm³/mol. The molecule has 0 spiro atoms. The number of carbonyl (C=O) groups excluding carboxylic acids is 1. The second kappa shape index (κ2) is 9.20. The van der Waals surface area contributed by atoms with Crippen LogP contribution in [-0.4, -0.2) is 55.5 Å². The van der Waals surface area contributed by atoms with Gasteiger partial charge in [-0.25, -0.2) is 8.42 Å². The number of piperidine rings is 1. The number of sulfonamides is 1. The fraction of sp³-hybridized carbons (Fsp3) is 0.667. The average Bonchev–Trinajstić information content (AvgIpc) is 2.67. The molecule has 1 heterocycles. The van der Waals surface area contributed by atoms with E-state index in [1.54, 1.807) is 0 Å². The maximum absolute atomic E-state index is 12.8. The monoisotopic (exact) mass is 392 g/mol. The standard InChI is InChI=1S/C21H32N2O3S/c1-27(25,26)23(20-10-6-3-7-11-20)17-21(24)22-14-12-19(13-15-22)16-18-8-4-2-5-9-18/h2,4-5,8-9,19-20H,3,6-7,10-17H2,1H3. The van der Waals surface area contributed by atoms with E-state index in [0.717, 1.165) is 64.5 Å². The van der Waals surface area contributed by atoms with Crippen molar-refractivity contribution in [2.24, 2.45) is 5.92 Å². The molecule has 0 atom stereocenters. The van der Waals surface area contributed by atoms with E-state index in [0.29, 0.717) is 5.92 Å². The fourth-order valence-electron chi connectivity index (χ4n) is 4.45. The number of benzene rings is 1. The first-order chi connectivity index (χ1) is 12.9. The lowest BCUT2D eigenvalue weighted by atomic mass is 9.90. The Morgan fingerprint density at radius 3 is 2.26 bits per heavy atom. The van der Waals surface area contributed by atoms with E-state index in [1.807, 2.05) is 11.0 Å². The summed E-state index contributed by atoms with van der Waals surface area (Å²) in [5, 5.41) is 0. The Kier molecular flexibility index (Phi) is 6.93. The highest BCUT2D eigenvalue weighted by molar-refractivity contribution is 7.88. The minimum Gasteiger partial charge on any atom is -0.342 e. The lowest BCUT2D eigenvalue weighted by Crippen LogP contribution is -2.49. The topological polar surface area (TPSA) is 57.7 Å². The molecule has 27 heavy (non-hydrogen) atoms. The Labute approximate surface area is 163 Å². The number of hydrogen-bond acceptors (Lipinski definition) is 3. The lowest BCUT2D eigenvalue weighted by Gasteiger charge is -2.36. The molecule has 0 unspecified atom stereocenters. The highest BCUT2D eigenvalue weighted by atomic mass is 32.2. The quantitative estimate of drug-likeness (QED) is 0.748. The zero-order valence-electron chi connectivity index (χ0n) is 16.3. The third-order valence-electron chi connectivity index (χ3n) is 6.03. The largest absolute Gasteiger partial charge is 0.342 e. The van der Waals surface area contributed by atoms with Crippen molar-refractivity contribution in [2.75, 3.05) is 25.9 Å². The highest BCUT2D eigenvalue weighted by Gasteiger charge is 2.32. The van der Waals surface area contributed by atoms with Gasteiger partial charge in [-0.3, -0.25) is 4.79 Å². The van der Waals surface area contributed by atoms with Gasteiger partial charge in [0.15, 0.2) is 0 Å². The van der Waals surface area contributed by atoms with Gasteiger partial charge in [0.1, 0.15) is 0 Å². The Morgan fingerprint density at radius 1 is 1.04 bits per heavy atom. The molecule has 2 aliphatic rings. The van der Waals surface area contributed by atoms with Crippen LogP contribution in [0.5, 0.6) is 0 Å². The normalized spacial score (nSPS) is 20.1. The maximum atomic E-state index is 12.8. The number of carbonyl (C=O) groups is 1. The van der Waals surface area contributed by atoms with Crippen molar-refractivity contribution in [1.29, 1.82) is 0 Å². The number of likely N-dealkylation sites (tertiary alicyclic amines) is 1. The van der Waals surface area contributed by atoms with Gasteiger partial charge in [0.05, 0.1) is 12.8 Å². The van der Waals surface area contributed by atoms with Crippen LogP contribution in [0.2, 0.25) is 0 Å². The predicted octanol–water partition coefficient (Wildman–Crippen LogP) is 3.06. The number of nitrogens with zero attached hydrogens (tertiary/aromatic N) is 2. The molecule has 5 nitrogen and oxygen atoms in total. The van der Waals surface area contributed by atoms with Crippen LogP contribution in [0.4, 0.5) is 0 Å². The zero-order chi connectivity index (χ0) is 19.3. The van der Waals surface area contributed by atoms with E-state index in [-0.39, 0.29) is 18.5 Å². The molecule has 1 aromatic carbocycles. The number of rotatable bonds is 6. The first kappa shape index (κ1) is 20.3. The summed E-state index contributed by atoms with van der Waals surface area (Å²) >= 11 is 0. The number of amides is 1. The minimum atomic E-state index is -3.36. The molecule has 1 saturated heterocycles. The van der Waals surface area contributed by atoms with E-state index in [1.165, 1.54) is 16.1 Å². The highest BCUT2D eigenvalue weighted by Crippen LogP contribution is 2.26. The zero-order valence-corrected chi connectivity index (χ0v) is 17.2. The van der Waals surface area contributed by atoms with Gasteiger partial charge in [-0.05, 0) is 43.6 Å². The summed E-state index contributed by atoms with van der Waals surface area (Å²) in [6.45, 7) is 1.48. The summed E-state index contributed by atoms with van der Waals surface area (Å²) < 4.78 is 26.0. The Bertz CT molecular complexity index is 706. The maximum Gasteiger partial charge on any atom is 0.237 e. The van der Waals surface area contributed by atoms with Gasteiger partial charge < -0.3 is 4.90 Å². The van der Waals surface area contributed by atoms with Crippen molar-refractivity contribution in [2.45, 2.75) is 57.4 Å². The molecule has 1 aliphatic heterocycles. The molecule has 1 saturated carbocycles. The first-order valence-electron chi connectivity index (χ1n) is 10.2. The van der Waals surface area contributed by atoms with Gasteiger partial charge >= 0.3 is 0 Å². The Hall–Kier alpha value is -1.40. The van der Waals surface area contributed by atoms with E-state index in [4.69, 9.17) is 0 Å².